The third kappa shape index (κ3) is 1.34. The monoisotopic (exact) mass is 218 g/mol. The van der Waals surface area contributed by atoms with Crippen LogP contribution < -0.4 is 5.48 Å². The molecule has 3 unspecified atom stereocenters. The number of nitrogens with one attached hydrogen (secondary N) is 1. The zero-order valence-electron chi connectivity index (χ0n) is 9.09. The zero-order chi connectivity index (χ0) is 11.1. The third-order valence-electron chi connectivity index (χ3n) is 3.37. The highest BCUT2D eigenvalue weighted by atomic mass is 16.7. The van der Waals surface area contributed by atoms with Crippen LogP contribution in [0, 0.1) is 5.92 Å². The van der Waals surface area contributed by atoms with Gasteiger partial charge in [0.1, 0.15) is 6.10 Å². The second kappa shape index (κ2) is 3.57. The van der Waals surface area contributed by atoms with Gasteiger partial charge in [0, 0.05) is 13.6 Å². The van der Waals surface area contributed by atoms with Gasteiger partial charge in [0.2, 0.25) is 5.91 Å². The summed E-state index contributed by atoms with van der Waals surface area (Å²) in [6.45, 7) is 0.729. The van der Waals surface area contributed by atoms with Crippen LogP contribution >= 0.6 is 0 Å². The molecule has 1 N–H and O–H groups in total. The van der Waals surface area contributed by atoms with E-state index in [9.17, 15) is 4.79 Å². The molecule has 0 spiro atoms. The molecule has 3 atom stereocenters. The minimum Gasteiger partial charge on any atom is -0.344 e. The summed E-state index contributed by atoms with van der Waals surface area (Å²) in [5.41, 5.74) is 4.03. The molecule has 1 aromatic rings. The van der Waals surface area contributed by atoms with Gasteiger partial charge in [-0.15, -0.1) is 0 Å². The van der Waals surface area contributed by atoms with Crippen molar-refractivity contribution in [3.05, 3.63) is 35.9 Å². The van der Waals surface area contributed by atoms with Crippen molar-refractivity contribution in [2.45, 2.75) is 12.1 Å². The highest BCUT2D eigenvalue weighted by Gasteiger charge is 2.49. The molecule has 2 aliphatic heterocycles. The number of amides is 1. The fourth-order valence-corrected chi connectivity index (χ4v) is 2.53. The first-order valence-electron chi connectivity index (χ1n) is 5.48. The number of rotatable bonds is 1. The molecule has 0 aromatic heterocycles. The van der Waals surface area contributed by atoms with Crippen molar-refractivity contribution in [2.75, 3.05) is 13.6 Å². The Kier molecular flexibility index (Phi) is 2.19. The summed E-state index contributed by atoms with van der Waals surface area (Å²) in [7, 11) is 1.84. The van der Waals surface area contributed by atoms with E-state index in [4.69, 9.17) is 4.84 Å². The second-order valence-corrected chi connectivity index (χ2v) is 4.42. The van der Waals surface area contributed by atoms with Gasteiger partial charge in [0.25, 0.3) is 0 Å². The van der Waals surface area contributed by atoms with Crippen LogP contribution in [0.2, 0.25) is 0 Å². The van der Waals surface area contributed by atoms with Crippen LogP contribution in [0.25, 0.3) is 0 Å². The molecule has 0 saturated carbocycles. The smallest absolute Gasteiger partial charge is 0.230 e. The third-order valence-corrected chi connectivity index (χ3v) is 3.37. The molecule has 0 radical (unpaired) electrons. The SMILES string of the molecule is CN1CC2NOC(c3ccccc3)C2C1=O. The predicted octanol–water partition coefficient (Wildman–Crippen LogP) is 0.719. The molecular weight excluding hydrogens is 204 g/mol. The van der Waals surface area contributed by atoms with E-state index in [2.05, 4.69) is 5.48 Å². The molecule has 2 fully saturated rings. The molecule has 2 aliphatic rings. The van der Waals surface area contributed by atoms with Gasteiger partial charge in [0.05, 0.1) is 12.0 Å². The van der Waals surface area contributed by atoms with Gasteiger partial charge < -0.3 is 4.90 Å². The van der Waals surface area contributed by atoms with Crippen LogP contribution in [0.1, 0.15) is 11.7 Å². The topological polar surface area (TPSA) is 41.6 Å². The molecule has 3 rings (SSSR count). The molecule has 16 heavy (non-hydrogen) atoms. The molecule has 2 heterocycles. The van der Waals surface area contributed by atoms with E-state index < -0.39 is 0 Å². The van der Waals surface area contributed by atoms with Crippen LogP contribution in [-0.4, -0.2) is 30.4 Å². The van der Waals surface area contributed by atoms with E-state index >= 15 is 0 Å². The summed E-state index contributed by atoms with van der Waals surface area (Å²) >= 11 is 0. The summed E-state index contributed by atoms with van der Waals surface area (Å²) < 4.78 is 0. The molecule has 84 valence electrons. The van der Waals surface area contributed by atoms with Gasteiger partial charge in [-0.25, -0.2) is 0 Å². The van der Waals surface area contributed by atoms with Crippen molar-refractivity contribution in [2.24, 2.45) is 5.92 Å². The van der Waals surface area contributed by atoms with E-state index in [0.717, 1.165) is 12.1 Å². The van der Waals surface area contributed by atoms with Gasteiger partial charge in [-0.05, 0) is 5.56 Å². The van der Waals surface area contributed by atoms with Crippen molar-refractivity contribution in [3.63, 3.8) is 0 Å². The highest BCUT2D eigenvalue weighted by Crippen LogP contribution is 2.37. The lowest BCUT2D eigenvalue weighted by Crippen LogP contribution is -2.27. The number of hydrogen-bond acceptors (Lipinski definition) is 3. The van der Waals surface area contributed by atoms with Gasteiger partial charge in [-0.3, -0.25) is 9.63 Å². The predicted molar refractivity (Wildman–Crippen MR) is 58.3 cm³/mol. The largest absolute Gasteiger partial charge is 0.344 e. The summed E-state index contributed by atoms with van der Waals surface area (Å²) in [6, 6.07) is 10.0. The van der Waals surface area contributed by atoms with Gasteiger partial charge in [-0.1, -0.05) is 30.3 Å². The Morgan fingerprint density at radius 1 is 1.38 bits per heavy atom. The van der Waals surface area contributed by atoms with Gasteiger partial charge in [0.15, 0.2) is 0 Å². The first-order chi connectivity index (χ1) is 7.77. The van der Waals surface area contributed by atoms with Crippen molar-refractivity contribution in [1.82, 2.24) is 10.4 Å². The normalized spacial score (nSPS) is 33.2. The standard InChI is InChI=1S/C12H14N2O2/c1-14-7-9-10(12(14)15)11(16-13-9)8-5-3-2-4-6-8/h2-6,9-11,13H,7H2,1H3. The van der Waals surface area contributed by atoms with Crippen molar-refractivity contribution in [1.29, 1.82) is 0 Å². The van der Waals surface area contributed by atoms with Crippen LogP contribution in [-0.2, 0) is 9.63 Å². The van der Waals surface area contributed by atoms with Crippen molar-refractivity contribution in [3.8, 4) is 0 Å². The van der Waals surface area contributed by atoms with E-state index in [1.54, 1.807) is 4.90 Å². The summed E-state index contributed by atoms with van der Waals surface area (Å²) in [6.07, 6.45) is -0.149. The fraction of sp³-hybridized carbons (Fsp3) is 0.417. The quantitative estimate of drug-likeness (QED) is 0.755. The molecule has 2 saturated heterocycles. The number of hydrogen-bond donors (Lipinski definition) is 1. The Morgan fingerprint density at radius 2 is 2.12 bits per heavy atom. The molecular formula is C12H14N2O2. The average Bonchev–Trinajstić information content (AvgIpc) is 2.83. The first kappa shape index (κ1) is 9.81. The lowest BCUT2D eigenvalue weighted by molar-refractivity contribution is -0.133. The van der Waals surface area contributed by atoms with E-state index in [-0.39, 0.29) is 24.0 Å². The van der Waals surface area contributed by atoms with E-state index in [1.165, 1.54) is 0 Å². The number of nitrogens with zero attached hydrogens (tertiary/aromatic N) is 1. The van der Waals surface area contributed by atoms with Crippen LogP contribution in [0.4, 0.5) is 0 Å². The van der Waals surface area contributed by atoms with Gasteiger partial charge >= 0.3 is 0 Å². The van der Waals surface area contributed by atoms with Crippen molar-refractivity contribution >= 4 is 5.91 Å². The number of likely N-dealkylation sites (tertiary alicyclic amines) is 1. The van der Waals surface area contributed by atoms with Gasteiger partial charge in [-0.2, -0.15) is 5.48 Å². The average molecular weight is 218 g/mol. The maximum absolute atomic E-state index is 12.0. The Labute approximate surface area is 94.1 Å². The number of carbonyl (C=O) groups excluding carboxylic acids is 1. The number of carbonyl (C=O) groups is 1. The minimum absolute atomic E-state index is 0.0765. The highest BCUT2D eigenvalue weighted by molar-refractivity contribution is 5.83. The second-order valence-electron chi connectivity index (χ2n) is 4.42. The van der Waals surface area contributed by atoms with Crippen molar-refractivity contribution < 1.29 is 9.63 Å². The number of fused-ring (bicyclic) bond motifs is 1. The first-order valence-corrected chi connectivity index (χ1v) is 5.48. The maximum Gasteiger partial charge on any atom is 0.230 e. The van der Waals surface area contributed by atoms with E-state index in [0.29, 0.717) is 0 Å². The number of benzene rings is 1. The number of likely N-dealkylation sites (N-methyl/N-ethyl adjacent to an activating group) is 1. The van der Waals surface area contributed by atoms with Crippen LogP contribution in [0.5, 0.6) is 0 Å². The zero-order valence-corrected chi connectivity index (χ0v) is 9.09. The molecule has 1 amide bonds. The Balaban J connectivity index is 1.91. The lowest BCUT2D eigenvalue weighted by atomic mass is 9.93. The molecule has 1 aromatic carbocycles. The molecule has 4 heteroatoms. The summed E-state index contributed by atoms with van der Waals surface area (Å²) in [5.74, 6) is 0.0938. The summed E-state index contributed by atoms with van der Waals surface area (Å²) in [5, 5.41) is 0. The Hall–Kier alpha value is -1.39. The number of hydroxylamine groups is 1. The molecule has 0 aliphatic carbocycles. The fourth-order valence-electron chi connectivity index (χ4n) is 2.53. The molecule has 0 bridgehead atoms. The lowest BCUT2D eigenvalue weighted by Gasteiger charge is -2.16. The Morgan fingerprint density at radius 3 is 2.88 bits per heavy atom. The van der Waals surface area contributed by atoms with Crippen LogP contribution in [0.15, 0.2) is 30.3 Å². The maximum atomic E-state index is 12.0. The minimum atomic E-state index is -0.149. The van der Waals surface area contributed by atoms with E-state index in [1.807, 2.05) is 37.4 Å². The molecule has 4 nitrogen and oxygen atoms in total. The van der Waals surface area contributed by atoms with Crippen LogP contribution in [0.3, 0.4) is 0 Å². The summed E-state index contributed by atoms with van der Waals surface area (Å²) in [4.78, 5) is 19.3. The Bertz CT molecular complexity index is 407.